The maximum atomic E-state index is 12.0. The predicted molar refractivity (Wildman–Crippen MR) is 91.8 cm³/mol. The van der Waals surface area contributed by atoms with Crippen LogP contribution in [0.2, 0.25) is 5.02 Å². The number of pyridine rings is 1. The van der Waals surface area contributed by atoms with Crippen molar-refractivity contribution in [3.8, 4) is 0 Å². The number of halogens is 1. The Labute approximate surface area is 140 Å². The van der Waals surface area contributed by atoms with Crippen LogP contribution in [0.15, 0.2) is 0 Å². The largest absolute Gasteiger partial charge is 0.366 e. The summed E-state index contributed by atoms with van der Waals surface area (Å²) in [7, 11) is 3.54. The van der Waals surface area contributed by atoms with Crippen molar-refractivity contribution in [3.63, 3.8) is 0 Å². The van der Waals surface area contributed by atoms with Crippen LogP contribution in [0.1, 0.15) is 30.5 Å². The smallest absolute Gasteiger partial charge is 0.224 e. The van der Waals surface area contributed by atoms with Crippen LogP contribution in [0.4, 0.5) is 5.82 Å². The van der Waals surface area contributed by atoms with Gasteiger partial charge in [-0.25, -0.2) is 4.98 Å². The number of amides is 1. The molecular formula is C16H22ClN5O. The van der Waals surface area contributed by atoms with E-state index in [1.807, 2.05) is 20.9 Å². The van der Waals surface area contributed by atoms with Crippen molar-refractivity contribution >= 4 is 34.4 Å². The molecule has 2 aromatic heterocycles. The van der Waals surface area contributed by atoms with Crippen LogP contribution < -0.4 is 10.6 Å². The molecule has 3 rings (SSSR count). The Hall–Kier alpha value is -1.82. The highest BCUT2D eigenvalue weighted by atomic mass is 35.5. The maximum absolute atomic E-state index is 12.0. The normalized spacial score (nSPS) is 20.9. The molecule has 124 valence electrons. The molecule has 1 amide bonds. The fourth-order valence-corrected chi connectivity index (χ4v) is 3.77. The van der Waals surface area contributed by atoms with Crippen LogP contribution in [0.5, 0.6) is 0 Å². The minimum Gasteiger partial charge on any atom is -0.366 e. The zero-order valence-electron chi connectivity index (χ0n) is 13.9. The number of nitrogens with one attached hydrogen (secondary N) is 2. The average molecular weight is 336 g/mol. The second-order valence-electron chi connectivity index (χ2n) is 6.21. The van der Waals surface area contributed by atoms with E-state index >= 15 is 0 Å². The molecule has 7 heteroatoms. The highest BCUT2D eigenvalue weighted by molar-refractivity contribution is 6.36. The number of aromatic nitrogens is 3. The Morgan fingerprint density at radius 2 is 2.09 bits per heavy atom. The number of carbonyl (C=O) groups is 1. The van der Waals surface area contributed by atoms with Gasteiger partial charge in [0.05, 0.1) is 22.0 Å². The van der Waals surface area contributed by atoms with Gasteiger partial charge in [0, 0.05) is 25.7 Å². The van der Waals surface area contributed by atoms with Crippen molar-refractivity contribution in [1.29, 1.82) is 0 Å². The van der Waals surface area contributed by atoms with Gasteiger partial charge >= 0.3 is 0 Å². The van der Waals surface area contributed by atoms with Gasteiger partial charge in [0.15, 0.2) is 5.65 Å². The van der Waals surface area contributed by atoms with Crippen molar-refractivity contribution in [2.75, 3.05) is 12.4 Å². The van der Waals surface area contributed by atoms with E-state index in [0.717, 1.165) is 47.4 Å². The fraction of sp³-hybridized carbons (Fsp3) is 0.562. The molecule has 2 heterocycles. The third-order valence-electron chi connectivity index (χ3n) is 4.73. The van der Waals surface area contributed by atoms with Gasteiger partial charge in [-0.2, -0.15) is 5.10 Å². The van der Waals surface area contributed by atoms with Gasteiger partial charge in [0.2, 0.25) is 5.91 Å². The van der Waals surface area contributed by atoms with Crippen LogP contribution in [-0.2, 0) is 11.8 Å². The number of hydrogen-bond donors (Lipinski definition) is 2. The summed E-state index contributed by atoms with van der Waals surface area (Å²) in [4.78, 5) is 16.7. The van der Waals surface area contributed by atoms with Crippen LogP contribution in [0, 0.1) is 19.8 Å². The van der Waals surface area contributed by atoms with Crippen LogP contribution >= 0.6 is 11.6 Å². The van der Waals surface area contributed by atoms with Gasteiger partial charge in [-0.3, -0.25) is 9.48 Å². The molecule has 0 saturated heterocycles. The Kier molecular flexibility index (Phi) is 4.19. The lowest BCUT2D eigenvalue weighted by molar-refractivity contribution is -0.124. The summed E-state index contributed by atoms with van der Waals surface area (Å²) in [5.74, 6) is 0.802. The van der Waals surface area contributed by atoms with E-state index in [1.165, 1.54) is 0 Å². The first-order chi connectivity index (χ1) is 10.9. The minimum absolute atomic E-state index is 0.0241. The van der Waals surface area contributed by atoms with E-state index in [2.05, 4.69) is 15.7 Å². The molecular weight excluding hydrogens is 314 g/mol. The zero-order valence-corrected chi connectivity index (χ0v) is 14.7. The van der Waals surface area contributed by atoms with E-state index in [4.69, 9.17) is 16.6 Å². The molecule has 0 aliphatic heterocycles. The van der Waals surface area contributed by atoms with Gasteiger partial charge in [-0.1, -0.05) is 18.0 Å². The highest BCUT2D eigenvalue weighted by Crippen LogP contribution is 2.34. The number of aryl methyl sites for hydroxylation is 2. The first-order valence-corrected chi connectivity index (χ1v) is 8.29. The van der Waals surface area contributed by atoms with Crippen LogP contribution in [-0.4, -0.2) is 33.8 Å². The van der Waals surface area contributed by atoms with Gasteiger partial charge in [0.1, 0.15) is 5.82 Å². The van der Waals surface area contributed by atoms with E-state index < -0.39 is 0 Å². The molecule has 23 heavy (non-hydrogen) atoms. The monoisotopic (exact) mass is 335 g/mol. The Morgan fingerprint density at radius 3 is 2.78 bits per heavy atom. The average Bonchev–Trinajstić information content (AvgIpc) is 3.08. The van der Waals surface area contributed by atoms with E-state index in [1.54, 1.807) is 11.7 Å². The number of anilines is 1. The molecule has 6 nitrogen and oxygen atoms in total. The quantitative estimate of drug-likeness (QED) is 0.904. The van der Waals surface area contributed by atoms with Crippen molar-refractivity contribution in [3.05, 3.63) is 16.3 Å². The predicted octanol–water partition coefficient (Wildman–Crippen LogP) is 2.57. The second-order valence-corrected chi connectivity index (χ2v) is 6.59. The molecule has 1 saturated carbocycles. The molecule has 0 aromatic carbocycles. The first kappa shape index (κ1) is 16.1. The zero-order chi connectivity index (χ0) is 16.7. The standard InChI is InChI=1S/C16H22ClN5O/c1-8-13(17)12-9(2)21-22(4)15(12)20-14(8)19-11-7-5-6-10(11)16(23)18-3/h10-11H,5-7H2,1-4H3,(H,18,23)(H,19,20)/t10-,11-/m0/s1. The molecule has 1 aliphatic rings. The molecule has 2 atom stereocenters. The fourth-order valence-electron chi connectivity index (χ4n) is 3.46. The van der Waals surface area contributed by atoms with Gasteiger partial charge in [-0.15, -0.1) is 0 Å². The number of fused-ring (bicyclic) bond motifs is 1. The summed E-state index contributed by atoms with van der Waals surface area (Å²) in [6.07, 6.45) is 2.89. The lowest BCUT2D eigenvalue weighted by Gasteiger charge is -2.21. The molecule has 0 radical (unpaired) electrons. The summed E-state index contributed by atoms with van der Waals surface area (Å²) >= 11 is 6.55. The summed E-state index contributed by atoms with van der Waals surface area (Å²) in [5, 5.41) is 12.2. The van der Waals surface area contributed by atoms with Crippen molar-refractivity contribution in [2.45, 2.75) is 39.2 Å². The lowest BCUT2D eigenvalue weighted by atomic mass is 10.0. The van der Waals surface area contributed by atoms with E-state index in [0.29, 0.717) is 5.02 Å². The van der Waals surface area contributed by atoms with Crippen molar-refractivity contribution in [2.24, 2.45) is 13.0 Å². The second kappa shape index (κ2) is 6.00. The summed E-state index contributed by atoms with van der Waals surface area (Å²) in [6, 6.07) is 0.0870. The first-order valence-electron chi connectivity index (χ1n) is 7.91. The molecule has 2 aromatic rings. The summed E-state index contributed by atoms with van der Waals surface area (Å²) in [5.41, 5.74) is 2.53. The van der Waals surface area contributed by atoms with Crippen LogP contribution in [0.25, 0.3) is 11.0 Å². The third kappa shape index (κ3) is 2.65. The number of carbonyl (C=O) groups excluding carboxylic acids is 1. The third-order valence-corrected chi connectivity index (χ3v) is 5.21. The van der Waals surface area contributed by atoms with E-state index in [-0.39, 0.29) is 17.9 Å². The Bertz CT molecular complexity index is 770. The highest BCUT2D eigenvalue weighted by Gasteiger charge is 2.33. The van der Waals surface area contributed by atoms with Crippen molar-refractivity contribution in [1.82, 2.24) is 20.1 Å². The molecule has 0 unspecified atom stereocenters. The Morgan fingerprint density at radius 1 is 1.35 bits per heavy atom. The van der Waals surface area contributed by atoms with Crippen LogP contribution in [0.3, 0.4) is 0 Å². The van der Waals surface area contributed by atoms with Gasteiger partial charge in [-0.05, 0) is 26.7 Å². The van der Waals surface area contributed by atoms with Gasteiger partial charge in [0.25, 0.3) is 0 Å². The molecule has 1 fully saturated rings. The number of hydrogen-bond acceptors (Lipinski definition) is 4. The molecule has 0 spiro atoms. The van der Waals surface area contributed by atoms with Gasteiger partial charge < -0.3 is 10.6 Å². The molecule has 1 aliphatic carbocycles. The molecule has 0 bridgehead atoms. The minimum atomic E-state index is -0.0241. The topological polar surface area (TPSA) is 71.8 Å². The number of nitrogens with zero attached hydrogens (tertiary/aromatic N) is 3. The van der Waals surface area contributed by atoms with E-state index in [9.17, 15) is 4.79 Å². The maximum Gasteiger partial charge on any atom is 0.224 e. The lowest BCUT2D eigenvalue weighted by Crippen LogP contribution is -2.36. The number of rotatable bonds is 3. The summed E-state index contributed by atoms with van der Waals surface area (Å²) in [6.45, 7) is 3.88. The van der Waals surface area contributed by atoms with Crippen molar-refractivity contribution < 1.29 is 4.79 Å². The molecule has 2 N–H and O–H groups in total. The Balaban J connectivity index is 1.99. The summed E-state index contributed by atoms with van der Waals surface area (Å²) < 4.78 is 1.74. The SMILES string of the molecule is CNC(=O)[C@H]1CCC[C@@H]1Nc1nc2c(c(C)nn2C)c(Cl)c1C.